The Labute approximate surface area is 172 Å². The number of hydrogen-bond acceptors (Lipinski definition) is 3. The number of piperidine rings is 1. The SMILES string of the molecule is Cc1ccc(C(=O)N(c2ccc(C)cc2)C2CCN(Cc3ccco3)CC2)cc1. The Morgan fingerprint density at radius 1 is 0.966 bits per heavy atom. The summed E-state index contributed by atoms with van der Waals surface area (Å²) in [5.74, 6) is 1.08. The zero-order chi connectivity index (χ0) is 20.2. The van der Waals surface area contributed by atoms with Gasteiger partial charge in [0.25, 0.3) is 5.91 Å². The van der Waals surface area contributed by atoms with E-state index in [1.165, 1.54) is 5.56 Å². The Kier molecular flexibility index (Phi) is 5.81. The summed E-state index contributed by atoms with van der Waals surface area (Å²) in [6.07, 6.45) is 3.62. The van der Waals surface area contributed by atoms with Crippen molar-refractivity contribution in [2.24, 2.45) is 0 Å². The molecule has 0 saturated carbocycles. The van der Waals surface area contributed by atoms with Crippen LogP contribution in [0.4, 0.5) is 5.69 Å². The Hall–Kier alpha value is -2.85. The van der Waals surface area contributed by atoms with Gasteiger partial charge in [0, 0.05) is 30.4 Å². The van der Waals surface area contributed by atoms with Crippen molar-refractivity contribution in [1.82, 2.24) is 4.90 Å². The maximum atomic E-state index is 13.5. The van der Waals surface area contributed by atoms with Crippen molar-refractivity contribution in [1.29, 1.82) is 0 Å². The molecule has 1 aliphatic heterocycles. The smallest absolute Gasteiger partial charge is 0.258 e. The van der Waals surface area contributed by atoms with Gasteiger partial charge in [0.05, 0.1) is 12.8 Å². The molecule has 4 nitrogen and oxygen atoms in total. The summed E-state index contributed by atoms with van der Waals surface area (Å²) < 4.78 is 5.49. The van der Waals surface area contributed by atoms with Gasteiger partial charge in [-0.2, -0.15) is 0 Å². The molecule has 150 valence electrons. The zero-order valence-corrected chi connectivity index (χ0v) is 17.2. The third-order valence-corrected chi connectivity index (χ3v) is 5.71. The fraction of sp³-hybridized carbons (Fsp3) is 0.320. The molecule has 1 aromatic heterocycles. The van der Waals surface area contributed by atoms with E-state index in [1.54, 1.807) is 6.26 Å². The van der Waals surface area contributed by atoms with E-state index < -0.39 is 0 Å². The highest BCUT2D eigenvalue weighted by atomic mass is 16.3. The molecular formula is C25H28N2O2. The molecule has 2 heterocycles. The van der Waals surface area contributed by atoms with Gasteiger partial charge in [0.15, 0.2) is 0 Å². The quantitative estimate of drug-likeness (QED) is 0.602. The average molecular weight is 389 g/mol. The highest BCUT2D eigenvalue weighted by molar-refractivity contribution is 6.06. The minimum absolute atomic E-state index is 0.0818. The molecule has 1 aliphatic rings. The minimum atomic E-state index is 0.0818. The van der Waals surface area contributed by atoms with E-state index in [0.717, 1.165) is 55.1 Å². The molecule has 0 aliphatic carbocycles. The Morgan fingerprint density at radius 3 is 2.17 bits per heavy atom. The van der Waals surface area contributed by atoms with E-state index in [-0.39, 0.29) is 11.9 Å². The van der Waals surface area contributed by atoms with Crippen LogP contribution in [0.15, 0.2) is 71.3 Å². The first kappa shape index (κ1) is 19.5. The molecule has 4 heteroatoms. The summed E-state index contributed by atoms with van der Waals surface area (Å²) in [5, 5.41) is 0. The molecule has 0 atom stereocenters. The van der Waals surface area contributed by atoms with Crippen molar-refractivity contribution in [3.8, 4) is 0 Å². The molecule has 29 heavy (non-hydrogen) atoms. The molecule has 1 amide bonds. The number of anilines is 1. The lowest BCUT2D eigenvalue weighted by molar-refractivity contribution is 0.0957. The summed E-state index contributed by atoms with van der Waals surface area (Å²) in [6.45, 7) is 6.85. The molecule has 1 fully saturated rings. The molecule has 2 aromatic carbocycles. The average Bonchev–Trinajstić information content (AvgIpc) is 3.24. The van der Waals surface area contributed by atoms with E-state index in [2.05, 4.69) is 36.1 Å². The number of nitrogens with zero attached hydrogens (tertiary/aromatic N) is 2. The van der Waals surface area contributed by atoms with Crippen LogP contribution in [0, 0.1) is 13.8 Å². The molecular weight excluding hydrogens is 360 g/mol. The van der Waals surface area contributed by atoms with Gasteiger partial charge in [-0.05, 0) is 63.1 Å². The fourth-order valence-electron chi connectivity index (χ4n) is 3.99. The highest BCUT2D eigenvalue weighted by Gasteiger charge is 2.30. The second kappa shape index (κ2) is 8.66. The van der Waals surface area contributed by atoms with Gasteiger partial charge in [-0.25, -0.2) is 0 Å². The van der Waals surface area contributed by atoms with Crippen LogP contribution in [0.5, 0.6) is 0 Å². The molecule has 0 spiro atoms. The van der Waals surface area contributed by atoms with Gasteiger partial charge in [-0.1, -0.05) is 35.4 Å². The molecule has 0 radical (unpaired) electrons. The fourth-order valence-corrected chi connectivity index (χ4v) is 3.99. The summed E-state index contributed by atoms with van der Waals surface area (Å²) in [7, 11) is 0. The van der Waals surface area contributed by atoms with Crippen LogP contribution in [-0.2, 0) is 6.54 Å². The molecule has 3 aromatic rings. The van der Waals surface area contributed by atoms with Crippen molar-refractivity contribution in [2.45, 2.75) is 39.3 Å². The number of carbonyl (C=O) groups is 1. The highest BCUT2D eigenvalue weighted by Crippen LogP contribution is 2.27. The Balaban J connectivity index is 1.53. The van der Waals surface area contributed by atoms with Crippen LogP contribution < -0.4 is 4.90 Å². The molecule has 0 bridgehead atoms. The normalized spacial score (nSPS) is 15.4. The maximum absolute atomic E-state index is 13.5. The third kappa shape index (κ3) is 4.60. The van der Waals surface area contributed by atoms with E-state index in [4.69, 9.17) is 4.42 Å². The summed E-state index contributed by atoms with van der Waals surface area (Å²) in [4.78, 5) is 17.9. The van der Waals surface area contributed by atoms with Crippen molar-refractivity contribution < 1.29 is 9.21 Å². The number of amides is 1. The summed E-state index contributed by atoms with van der Waals surface area (Å²) in [5.41, 5.74) is 4.08. The minimum Gasteiger partial charge on any atom is -0.468 e. The van der Waals surface area contributed by atoms with E-state index in [9.17, 15) is 4.79 Å². The van der Waals surface area contributed by atoms with Crippen LogP contribution in [0.25, 0.3) is 0 Å². The third-order valence-electron chi connectivity index (χ3n) is 5.71. The first-order valence-electron chi connectivity index (χ1n) is 10.3. The van der Waals surface area contributed by atoms with Crippen molar-refractivity contribution in [3.63, 3.8) is 0 Å². The van der Waals surface area contributed by atoms with E-state index in [1.807, 2.05) is 48.2 Å². The van der Waals surface area contributed by atoms with Crippen LogP contribution in [0.2, 0.25) is 0 Å². The second-order valence-corrected chi connectivity index (χ2v) is 7.96. The lowest BCUT2D eigenvalue weighted by atomic mass is 10.00. The molecule has 1 saturated heterocycles. The zero-order valence-electron chi connectivity index (χ0n) is 17.2. The number of carbonyl (C=O) groups excluding carboxylic acids is 1. The predicted molar refractivity (Wildman–Crippen MR) is 116 cm³/mol. The summed E-state index contributed by atoms with van der Waals surface area (Å²) >= 11 is 0. The van der Waals surface area contributed by atoms with Gasteiger partial charge in [-0.3, -0.25) is 9.69 Å². The van der Waals surface area contributed by atoms with Crippen LogP contribution in [-0.4, -0.2) is 29.9 Å². The van der Waals surface area contributed by atoms with E-state index in [0.29, 0.717) is 0 Å². The van der Waals surface area contributed by atoms with E-state index >= 15 is 0 Å². The van der Waals surface area contributed by atoms with Gasteiger partial charge < -0.3 is 9.32 Å². The predicted octanol–water partition coefficient (Wildman–Crippen LogP) is 5.21. The van der Waals surface area contributed by atoms with Crippen LogP contribution in [0.3, 0.4) is 0 Å². The molecule has 0 unspecified atom stereocenters. The van der Waals surface area contributed by atoms with Crippen molar-refractivity contribution >= 4 is 11.6 Å². The number of benzene rings is 2. The van der Waals surface area contributed by atoms with Crippen molar-refractivity contribution in [3.05, 3.63) is 89.4 Å². The van der Waals surface area contributed by atoms with Gasteiger partial charge in [0.2, 0.25) is 0 Å². The first-order valence-corrected chi connectivity index (χ1v) is 10.3. The largest absolute Gasteiger partial charge is 0.468 e. The molecule has 0 N–H and O–H groups in total. The number of hydrogen-bond donors (Lipinski definition) is 0. The summed E-state index contributed by atoms with van der Waals surface area (Å²) in [6, 6.07) is 20.3. The standard InChI is InChI=1S/C25H28N2O2/c1-19-5-9-21(10-6-19)25(28)27(22-11-7-20(2)8-12-22)23-13-15-26(16-14-23)18-24-4-3-17-29-24/h3-12,17,23H,13-16,18H2,1-2H3. The lowest BCUT2D eigenvalue weighted by Gasteiger charge is -2.38. The lowest BCUT2D eigenvalue weighted by Crippen LogP contribution is -2.47. The monoisotopic (exact) mass is 388 g/mol. The number of likely N-dealkylation sites (tertiary alicyclic amines) is 1. The van der Waals surface area contributed by atoms with Crippen LogP contribution in [0.1, 0.15) is 40.1 Å². The van der Waals surface area contributed by atoms with Gasteiger partial charge in [0.1, 0.15) is 5.76 Å². The van der Waals surface area contributed by atoms with Gasteiger partial charge >= 0.3 is 0 Å². The maximum Gasteiger partial charge on any atom is 0.258 e. The van der Waals surface area contributed by atoms with Crippen LogP contribution >= 0.6 is 0 Å². The molecule has 4 rings (SSSR count). The Bertz CT molecular complexity index is 922. The van der Waals surface area contributed by atoms with Crippen molar-refractivity contribution in [2.75, 3.05) is 18.0 Å². The topological polar surface area (TPSA) is 36.7 Å². The number of aryl methyl sites for hydroxylation is 2. The number of furan rings is 1. The first-order chi connectivity index (χ1) is 14.1. The van der Waals surface area contributed by atoms with Gasteiger partial charge in [-0.15, -0.1) is 0 Å². The Morgan fingerprint density at radius 2 is 1.59 bits per heavy atom. The number of rotatable bonds is 5. The second-order valence-electron chi connectivity index (χ2n) is 7.96.